The van der Waals surface area contributed by atoms with E-state index in [0.717, 1.165) is 10.2 Å². The van der Waals surface area contributed by atoms with Crippen LogP contribution >= 0.6 is 11.3 Å². The Morgan fingerprint density at radius 1 is 1.04 bits per heavy atom. The van der Waals surface area contributed by atoms with Crippen LogP contribution in [0.2, 0.25) is 0 Å². The van der Waals surface area contributed by atoms with Gasteiger partial charge in [-0.25, -0.2) is 4.98 Å². The Labute approximate surface area is 157 Å². The number of fused-ring (bicyclic) bond motifs is 1. The summed E-state index contributed by atoms with van der Waals surface area (Å²) >= 11 is 1.40. The highest BCUT2D eigenvalue weighted by atomic mass is 32.1. The number of carbonyl (C=O) groups excluding carboxylic acids is 1. The Balaban J connectivity index is 1.83. The van der Waals surface area contributed by atoms with Crippen molar-refractivity contribution in [1.29, 1.82) is 0 Å². The Kier molecular flexibility index (Phi) is 4.87. The molecule has 0 aliphatic rings. The third kappa shape index (κ3) is 3.65. The van der Waals surface area contributed by atoms with Gasteiger partial charge in [0.25, 0.3) is 5.91 Å². The number of hydrogen-bond donors (Lipinski definition) is 1. The van der Waals surface area contributed by atoms with E-state index >= 15 is 0 Å². The number of aromatic nitrogens is 1. The second-order valence-corrected chi connectivity index (χ2v) is 8.01. The molecule has 5 nitrogen and oxygen atoms in total. The molecule has 0 saturated carbocycles. The minimum atomic E-state index is -0.177. The molecule has 1 amide bonds. The molecule has 2 aromatic carbocycles. The van der Waals surface area contributed by atoms with Gasteiger partial charge in [-0.3, -0.25) is 10.1 Å². The minimum Gasteiger partial charge on any atom is -0.493 e. The maximum atomic E-state index is 12.5. The van der Waals surface area contributed by atoms with E-state index in [-0.39, 0.29) is 11.3 Å². The lowest BCUT2D eigenvalue weighted by molar-refractivity contribution is 0.102. The predicted octanol–water partition coefficient (Wildman–Crippen LogP) is 4.86. The second-order valence-electron chi connectivity index (χ2n) is 6.98. The maximum absolute atomic E-state index is 12.5. The average Bonchev–Trinajstić information content (AvgIpc) is 3.00. The molecule has 6 heteroatoms. The van der Waals surface area contributed by atoms with Gasteiger partial charge in [-0.1, -0.05) is 44.2 Å². The molecule has 0 radical (unpaired) electrons. The first kappa shape index (κ1) is 18.2. The van der Waals surface area contributed by atoms with Gasteiger partial charge >= 0.3 is 0 Å². The first-order valence-corrected chi connectivity index (χ1v) is 9.08. The van der Waals surface area contributed by atoms with Gasteiger partial charge < -0.3 is 9.47 Å². The molecule has 1 aromatic heterocycles. The topological polar surface area (TPSA) is 60.5 Å². The van der Waals surface area contributed by atoms with E-state index in [4.69, 9.17) is 9.47 Å². The number of nitrogens with one attached hydrogen (secondary N) is 1. The summed E-state index contributed by atoms with van der Waals surface area (Å²) in [5.41, 5.74) is 2.60. The van der Waals surface area contributed by atoms with Gasteiger partial charge in [0.05, 0.1) is 24.4 Å². The van der Waals surface area contributed by atoms with E-state index in [9.17, 15) is 4.79 Å². The first-order chi connectivity index (χ1) is 12.3. The highest BCUT2D eigenvalue weighted by molar-refractivity contribution is 7.22. The van der Waals surface area contributed by atoms with Crippen LogP contribution in [0.25, 0.3) is 10.2 Å². The molecular formula is C20H22N2O3S. The van der Waals surface area contributed by atoms with Crippen molar-refractivity contribution in [2.24, 2.45) is 0 Å². The molecule has 136 valence electrons. The number of ether oxygens (including phenoxy) is 2. The highest BCUT2D eigenvalue weighted by Gasteiger charge is 2.16. The van der Waals surface area contributed by atoms with Crippen molar-refractivity contribution >= 4 is 32.6 Å². The molecule has 0 aliphatic carbocycles. The van der Waals surface area contributed by atoms with Crippen molar-refractivity contribution in [3.8, 4) is 11.5 Å². The van der Waals surface area contributed by atoms with Crippen LogP contribution in [0.4, 0.5) is 5.13 Å². The van der Waals surface area contributed by atoms with Crippen LogP contribution in [0.1, 0.15) is 36.7 Å². The summed E-state index contributed by atoms with van der Waals surface area (Å²) in [6.45, 7) is 6.43. The summed E-state index contributed by atoms with van der Waals surface area (Å²) in [6, 6.07) is 11.3. The Morgan fingerprint density at radius 3 is 2.23 bits per heavy atom. The van der Waals surface area contributed by atoms with Crippen LogP contribution in [0.3, 0.4) is 0 Å². The lowest BCUT2D eigenvalue weighted by atomic mass is 9.87. The van der Waals surface area contributed by atoms with E-state index in [1.165, 1.54) is 16.9 Å². The van der Waals surface area contributed by atoms with Gasteiger partial charge in [-0.15, -0.1) is 0 Å². The molecule has 1 N–H and O–H groups in total. The SMILES string of the molecule is COc1cc2nc(NC(=O)c3ccc(C(C)(C)C)cc3)sc2cc1OC. The predicted molar refractivity (Wildman–Crippen MR) is 106 cm³/mol. The molecule has 3 aromatic rings. The summed E-state index contributed by atoms with van der Waals surface area (Å²) in [7, 11) is 3.18. The number of amides is 1. The van der Waals surface area contributed by atoms with Crippen molar-refractivity contribution in [3.63, 3.8) is 0 Å². The smallest absolute Gasteiger partial charge is 0.257 e. The molecule has 0 bridgehead atoms. The molecule has 0 unspecified atom stereocenters. The number of thiazole rings is 1. The Morgan fingerprint density at radius 2 is 1.65 bits per heavy atom. The van der Waals surface area contributed by atoms with Crippen molar-refractivity contribution in [2.45, 2.75) is 26.2 Å². The van der Waals surface area contributed by atoms with Crippen molar-refractivity contribution in [1.82, 2.24) is 4.98 Å². The molecule has 0 fully saturated rings. The van der Waals surface area contributed by atoms with E-state index in [2.05, 4.69) is 31.1 Å². The maximum Gasteiger partial charge on any atom is 0.257 e. The first-order valence-electron chi connectivity index (χ1n) is 8.26. The van der Waals surface area contributed by atoms with Crippen LogP contribution in [0, 0.1) is 0 Å². The number of anilines is 1. The minimum absolute atomic E-state index is 0.0557. The zero-order valence-electron chi connectivity index (χ0n) is 15.5. The van der Waals surface area contributed by atoms with Crippen LogP contribution in [-0.2, 0) is 5.41 Å². The number of hydrogen-bond acceptors (Lipinski definition) is 5. The third-order valence-electron chi connectivity index (χ3n) is 4.13. The van der Waals surface area contributed by atoms with Crippen LogP contribution in [0.15, 0.2) is 36.4 Å². The number of rotatable bonds is 4. The highest BCUT2D eigenvalue weighted by Crippen LogP contribution is 2.36. The molecule has 26 heavy (non-hydrogen) atoms. The van der Waals surface area contributed by atoms with Gasteiger partial charge in [0.15, 0.2) is 16.6 Å². The summed E-state index contributed by atoms with van der Waals surface area (Å²) in [4.78, 5) is 17.0. The van der Waals surface area contributed by atoms with Gasteiger partial charge in [-0.2, -0.15) is 0 Å². The summed E-state index contributed by atoms with van der Waals surface area (Å²) in [5, 5.41) is 3.41. The zero-order valence-corrected chi connectivity index (χ0v) is 16.4. The average molecular weight is 370 g/mol. The van der Waals surface area contributed by atoms with Crippen LogP contribution in [-0.4, -0.2) is 25.1 Å². The van der Waals surface area contributed by atoms with E-state index in [1.807, 2.05) is 30.3 Å². The summed E-state index contributed by atoms with van der Waals surface area (Å²) in [5.74, 6) is 1.07. The van der Waals surface area contributed by atoms with Gasteiger partial charge in [0.1, 0.15) is 0 Å². The van der Waals surface area contributed by atoms with Crippen molar-refractivity contribution in [3.05, 3.63) is 47.5 Å². The van der Waals surface area contributed by atoms with Gasteiger partial charge in [-0.05, 0) is 23.1 Å². The summed E-state index contributed by atoms with van der Waals surface area (Å²) < 4.78 is 11.5. The molecule has 0 atom stereocenters. The Bertz CT molecular complexity index is 899. The number of nitrogens with zero attached hydrogens (tertiary/aromatic N) is 1. The molecule has 0 aliphatic heterocycles. The molecule has 1 heterocycles. The summed E-state index contributed by atoms with van der Waals surface area (Å²) in [6.07, 6.45) is 0. The quantitative estimate of drug-likeness (QED) is 0.712. The lowest BCUT2D eigenvalue weighted by Gasteiger charge is -2.18. The van der Waals surface area contributed by atoms with Gasteiger partial charge in [0.2, 0.25) is 0 Å². The molecule has 0 spiro atoms. The van der Waals surface area contributed by atoms with Crippen LogP contribution in [0.5, 0.6) is 11.5 Å². The van der Waals surface area contributed by atoms with E-state index in [0.29, 0.717) is 22.2 Å². The van der Waals surface area contributed by atoms with E-state index < -0.39 is 0 Å². The number of carbonyl (C=O) groups is 1. The molecular weight excluding hydrogens is 348 g/mol. The number of methoxy groups -OCH3 is 2. The molecule has 0 saturated heterocycles. The third-order valence-corrected chi connectivity index (χ3v) is 5.06. The fraction of sp³-hybridized carbons (Fsp3) is 0.300. The van der Waals surface area contributed by atoms with Crippen molar-refractivity contribution < 1.29 is 14.3 Å². The standard InChI is InChI=1S/C20H22N2O3S/c1-20(2,3)13-8-6-12(7-9-13)18(23)22-19-21-14-10-15(24-4)16(25-5)11-17(14)26-19/h6-11H,1-5H3,(H,21,22,23). The monoisotopic (exact) mass is 370 g/mol. The van der Waals surface area contributed by atoms with E-state index in [1.54, 1.807) is 20.3 Å². The fourth-order valence-electron chi connectivity index (χ4n) is 2.60. The fourth-order valence-corrected chi connectivity index (χ4v) is 3.47. The Hall–Kier alpha value is -2.60. The molecule has 3 rings (SSSR count). The second kappa shape index (κ2) is 6.96. The largest absolute Gasteiger partial charge is 0.493 e. The normalized spacial score (nSPS) is 11.4. The van der Waals surface area contributed by atoms with Crippen molar-refractivity contribution in [2.75, 3.05) is 19.5 Å². The number of benzene rings is 2. The lowest BCUT2D eigenvalue weighted by Crippen LogP contribution is -2.14. The van der Waals surface area contributed by atoms with Gasteiger partial charge in [0, 0.05) is 17.7 Å². The van der Waals surface area contributed by atoms with Crippen LogP contribution < -0.4 is 14.8 Å². The zero-order chi connectivity index (χ0) is 18.9.